The van der Waals surface area contributed by atoms with Crippen LogP contribution in [0.4, 0.5) is 5.69 Å². The molecule has 0 spiro atoms. The Morgan fingerprint density at radius 1 is 1.20 bits per heavy atom. The van der Waals surface area contributed by atoms with Gasteiger partial charge in [0.25, 0.3) is 0 Å². The van der Waals surface area contributed by atoms with Gasteiger partial charge < -0.3 is 10.1 Å². The minimum atomic E-state index is -0.222. The first-order chi connectivity index (χ1) is 9.67. The Labute approximate surface area is 123 Å². The van der Waals surface area contributed by atoms with Gasteiger partial charge >= 0.3 is 0 Å². The van der Waals surface area contributed by atoms with Crippen LogP contribution in [0.1, 0.15) is 11.1 Å². The van der Waals surface area contributed by atoms with Gasteiger partial charge in [0.15, 0.2) is 0 Å². The molecule has 0 unspecified atom stereocenters. The summed E-state index contributed by atoms with van der Waals surface area (Å²) < 4.78 is 5.69. The lowest BCUT2D eigenvalue weighted by Gasteiger charge is -2.08. The van der Waals surface area contributed by atoms with E-state index < -0.39 is 0 Å². The second kappa shape index (κ2) is 6.96. The van der Waals surface area contributed by atoms with Gasteiger partial charge in [0.2, 0.25) is 5.91 Å². The zero-order chi connectivity index (χ0) is 14.4. The molecule has 0 fully saturated rings. The lowest BCUT2D eigenvalue weighted by Crippen LogP contribution is -2.12. The Morgan fingerprint density at radius 2 is 1.95 bits per heavy atom. The predicted molar refractivity (Wildman–Crippen MR) is 81.3 cm³/mol. The predicted octanol–water partition coefficient (Wildman–Crippen LogP) is 3.75. The Balaban J connectivity index is 1.92. The average Bonchev–Trinajstić information content (AvgIpc) is 2.46. The second-order valence-electron chi connectivity index (χ2n) is 4.48. The van der Waals surface area contributed by atoms with Crippen LogP contribution in [-0.2, 0) is 11.4 Å². The molecule has 0 heterocycles. The molecule has 0 aliphatic rings. The maximum absolute atomic E-state index is 11.1. The fourth-order valence-electron chi connectivity index (χ4n) is 1.80. The van der Waals surface area contributed by atoms with Crippen LogP contribution in [-0.4, -0.2) is 11.8 Å². The Morgan fingerprint density at radius 3 is 2.60 bits per heavy atom. The molecular weight excluding hydrogens is 274 g/mol. The van der Waals surface area contributed by atoms with Gasteiger partial charge in [-0.3, -0.25) is 4.79 Å². The minimum absolute atomic E-state index is 0.0500. The summed E-state index contributed by atoms with van der Waals surface area (Å²) in [6, 6.07) is 15.4. The number of hydrogen-bond acceptors (Lipinski definition) is 2. The van der Waals surface area contributed by atoms with E-state index in [1.54, 1.807) is 12.1 Å². The summed E-state index contributed by atoms with van der Waals surface area (Å²) in [5.41, 5.74) is 3.05. The maximum atomic E-state index is 11.1. The van der Waals surface area contributed by atoms with Crippen LogP contribution in [0, 0.1) is 6.92 Å². The van der Waals surface area contributed by atoms with Gasteiger partial charge in [-0.05, 0) is 36.8 Å². The Hall–Kier alpha value is -2.00. The lowest BCUT2D eigenvalue weighted by molar-refractivity contribution is -0.113. The number of aryl methyl sites for hydroxylation is 1. The van der Waals surface area contributed by atoms with Crippen molar-refractivity contribution in [1.82, 2.24) is 0 Å². The molecule has 0 bridgehead atoms. The van der Waals surface area contributed by atoms with E-state index in [4.69, 9.17) is 16.3 Å². The molecule has 0 aliphatic heterocycles. The van der Waals surface area contributed by atoms with Crippen molar-refractivity contribution in [2.45, 2.75) is 13.5 Å². The third-order valence-electron chi connectivity index (χ3n) is 2.75. The molecule has 1 amide bonds. The SMILES string of the molecule is Cc1cccc(COc2ccc(NC(=O)CCl)cc2)c1. The normalized spacial score (nSPS) is 10.1. The molecular formula is C16H16ClNO2. The molecule has 104 valence electrons. The molecule has 2 rings (SSSR count). The zero-order valence-electron chi connectivity index (χ0n) is 11.2. The molecule has 1 N–H and O–H groups in total. The number of hydrogen-bond donors (Lipinski definition) is 1. The first kappa shape index (κ1) is 14.4. The topological polar surface area (TPSA) is 38.3 Å². The van der Waals surface area contributed by atoms with Crippen molar-refractivity contribution in [1.29, 1.82) is 0 Å². The van der Waals surface area contributed by atoms with Crippen molar-refractivity contribution in [3.05, 3.63) is 59.7 Å². The quantitative estimate of drug-likeness (QED) is 0.851. The van der Waals surface area contributed by atoms with Gasteiger partial charge in [-0.15, -0.1) is 11.6 Å². The lowest BCUT2D eigenvalue weighted by atomic mass is 10.1. The van der Waals surface area contributed by atoms with Crippen molar-refractivity contribution >= 4 is 23.2 Å². The van der Waals surface area contributed by atoms with E-state index in [1.807, 2.05) is 24.3 Å². The molecule has 0 saturated carbocycles. The third-order valence-corrected chi connectivity index (χ3v) is 2.99. The number of nitrogens with one attached hydrogen (secondary N) is 1. The van der Waals surface area contributed by atoms with Gasteiger partial charge in [0, 0.05) is 5.69 Å². The number of carbonyl (C=O) groups excluding carboxylic acids is 1. The van der Waals surface area contributed by atoms with Crippen LogP contribution in [0.2, 0.25) is 0 Å². The van der Waals surface area contributed by atoms with E-state index in [0.717, 1.165) is 11.3 Å². The Bertz CT molecular complexity index is 581. The van der Waals surface area contributed by atoms with Gasteiger partial charge in [-0.25, -0.2) is 0 Å². The number of halogens is 1. The van der Waals surface area contributed by atoms with Crippen molar-refractivity contribution in [3.8, 4) is 5.75 Å². The van der Waals surface area contributed by atoms with Crippen molar-refractivity contribution in [2.75, 3.05) is 11.2 Å². The van der Waals surface area contributed by atoms with E-state index in [0.29, 0.717) is 12.3 Å². The van der Waals surface area contributed by atoms with Crippen molar-refractivity contribution in [2.24, 2.45) is 0 Å². The smallest absolute Gasteiger partial charge is 0.239 e. The van der Waals surface area contributed by atoms with Crippen LogP contribution in [0.5, 0.6) is 5.75 Å². The highest BCUT2D eigenvalue weighted by molar-refractivity contribution is 6.29. The number of alkyl halides is 1. The highest BCUT2D eigenvalue weighted by Crippen LogP contribution is 2.17. The van der Waals surface area contributed by atoms with Crippen LogP contribution in [0.15, 0.2) is 48.5 Å². The molecule has 20 heavy (non-hydrogen) atoms. The first-order valence-corrected chi connectivity index (χ1v) is 6.85. The fraction of sp³-hybridized carbons (Fsp3) is 0.188. The van der Waals surface area contributed by atoms with Gasteiger partial charge in [-0.1, -0.05) is 29.8 Å². The van der Waals surface area contributed by atoms with Gasteiger partial charge in [0.05, 0.1) is 0 Å². The summed E-state index contributed by atoms with van der Waals surface area (Å²) in [6.45, 7) is 2.58. The van der Waals surface area contributed by atoms with Gasteiger partial charge in [-0.2, -0.15) is 0 Å². The molecule has 0 aromatic heterocycles. The molecule has 2 aromatic rings. The van der Waals surface area contributed by atoms with E-state index in [1.165, 1.54) is 5.56 Å². The van der Waals surface area contributed by atoms with Crippen molar-refractivity contribution in [3.63, 3.8) is 0 Å². The Kier molecular flexibility index (Phi) is 5.02. The molecule has 0 aliphatic carbocycles. The number of carbonyl (C=O) groups is 1. The molecule has 0 atom stereocenters. The number of amides is 1. The number of rotatable bonds is 5. The van der Waals surface area contributed by atoms with Crippen LogP contribution in [0.25, 0.3) is 0 Å². The standard InChI is InChI=1S/C16H16ClNO2/c1-12-3-2-4-13(9-12)11-20-15-7-5-14(6-8-15)18-16(19)10-17/h2-9H,10-11H2,1H3,(H,18,19). The van der Waals surface area contributed by atoms with E-state index in [2.05, 4.69) is 24.4 Å². The summed E-state index contributed by atoms with van der Waals surface area (Å²) in [5.74, 6) is 0.487. The van der Waals surface area contributed by atoms with Crippen LogP contribution in [0.3, 0.4) is 0 Å². The average molecular weight is 290 g/mol. The van der Waals surface area contributed by atoms with E-state index in [9.17, 15) is 4.79 Å². The minimum Gasteiger partial charge on any atom is -0.489 e. The molecule has 0 saturated heterocycles. The second-order valence-corrected chi connectivity index (χ2v) is 4.75. The highest BCUT2D eigenvalue weighted by Gasteiger charge is 2.01. The summed E-state index contributed by atoms with van der Waals surface area (Å²) in [6.07, 6.45) is 0. The summed E-state index contributed by atoms with van der Waals surface area (Å²) in [5, 5.41) is 2.67. The summed E-state index contributed by atoms with van der Waals surface area (Å²) in [4.78, 5) is 11.1. The first-order valence-electron chi connectivity index (χ1n) is 6.31. The number of anilines is 1. The van der Waals surface area contributed by atoms with Crippen molar-refractivity contribution < 1.29 is 9.53 Å². The zero-order valence-corrected chi connectivity index (χ0v) is 12.0. The summed E-state index contributed by atoms with van der Waals surface area (Å²) >= 11 is 5.43. The highest BCUT2D eigenvalue weighted by atomic mass is 35.5. The molecule has 3 nitrogen and oxygen atoms in total. The summed E-state index contributed by atoms with van der Waals surface area (Å²) in [7, 11) is 0. The third kappa shape index (κ3) is 4.28. The number of benzene rings is 2. The molecule has 4 heteroatoms. The van der Waals surface area contributed by atoms with E-state index in [-0.39, 0.29) is 11.8 Å². The molecule has 2 aromatic carbocycles. The van der Waals surface area contributed by atoms with Gasteiger partial charge in [0.1, 0.15) is 18.2 Å². The largest absolute Gasteiger partial charge is 0.489 e. The molecule has 0 radical (unpaired) electrons. The monoisotopic (exact) mass is 289 g/mol. The number of ether oxygens (including phenoxy) is 1. The maximum Gasteiger partial charge on any atom is 0.239 e. The van der Waals surface area contributed by atoms with E-state index >= 15 is 0 Å². The van der Waals surface area contributed by atoms with Crippen LogP contribution >= 0.6 is 11.6 Å². The van der Waals surface area contributed by atoms with Crippen LogP contribution < -0.4 is 10.1 Å². The fourth-order valence-corrected chi connectivity index (χ4v) is 1.86.